The summed E-state index contributed by atoms with van der Waals surface area (Å²) in [6, 6.07) is 177. The highest BCUT2D eigenvalue weighted by Gasteiger charge is 2.29. The van der Waals surface area contributed by atoms with E-state index >= 15 is 0 Å². The molecular weight excluding hydrogens is 1780 g/mol. The Morgan fingerprint density at radius 1 is 0.123 bits per heavy atom. The van der Waals surface area contributed by atoms with Crippen LogP contribution in [0.5, 0.6) is 0 Å². The molecule has 23 aromatic carbocycles. The number of benzene rings is 23. The lowest BCUT2D eigenvalue weighted by Crippen LogP contribution is -2.04. The fourth-order valence-electron chi connectivity index (χ4n) is 23.1. The second kappa shape index (κ2) is 32.9. The summed E-state index contributed by atoms with van der Waals surface area (Å²) in [6.07, 6.45) is 0. The predicted octanol–water partition coefficient (Wildman–Crippen LogP) is 34.2. The minimum absolute atomic E-state index is 0.817. The van der Waals surface area contributed by atoms with Crippen molar-refractivity contribution in [2.24, 2.45) is 0 Å². The molecule has 0 amide bonds. The third-order valence-electron chi connectivity index (χ3n) is 29.7. The number of aromatic nitrogens is 12. The van der Waals surface area contributed by atoms with E-state index in [0.29, 0.717) is 0 Å². The van der Waals surface area contributed by atoms with Gasteiger partial charge in [-0.25, -0.2) is 29.9 Å². The third-order valence-corrected chi connectivity index (χ3v) is 29.7. The van der Waals surface area contributed by atoms with Gasteiger partial charge in [0.25, 0.3) is 0 Å². The van der Waals surface area contributed by atoms with Gasteiger partial charge in [-0.15, -0.1) is 0 Å². The highest BCUT2D eigenvalue weighted by Crippen LogP contribution is 2.49. The number of nitrogens with zero attached hydrogens (tertiary/aromatic N) is 12. The standard InChI is InChI=1S/2C46H28N4.C42H26N4/c1-2-17-32(18-3-1)49-42-26-31-15-5-4-14-30(31)25-36(42)38-27-37-34-20-8-11-24-41(34)50(44(37)28-43(38)49)46-45(47-39-22-9-10-23-40(39)48-46)35-21-12-16-29-13-6-7-19-33(29)35;1-2-16-34(17-3-1)49-42-26-32-15-7-6-14-31(32)25-36(42)38-27-37-35-18-8-11-21-41(35)50(44(37)28-43(38)49)46-45(47-39-19-9-10-20-40(39)48-46)33-23-22-29-12-4-5-13-30(29)24-33;1-3-13-27(14-4-1)41-42(44-36-21-11-10-20-35(36)43-41)46-37-22-12-9-19-31(37)33-25-34-32-23-28-15-7-8-16-29(28)24-38(32)45(39(34)26-40(33)46)30-17-5-2-6-18-30/h2*1-28H;1-26H. The average Bonchev–Trinajstić information content (AvgIpc) is 1.55. The van der Waals surface area contributed by atoms with Crippen LogP contribution in [-0.2, 0) is 0 Å². The summed E-state index contributed by atoms with van der Waals surface area (Å²) in [5, 5.41) is 26.6. The maximum Gasteiger partial charge on any atom is 0.165 e. The van der Waals surface area contributed by atoms with Crippen molar-refractivity contribution >= 4 is 218 Å². The van der Waals surface area contributed by atoms with Gasteiger partial charge in [-0.1, -0.05) is 328 Å². The molecule has 0 spiro atoms. The van der Waals surface area contributed by atoms with E-state index in [4.69, 9.17) is 29.9 Å². The first-order valence-corrected chi connectivity index (χ1v) is 49.6. The Labute approximate surface area is 835 Å². The largest absolute Gasteiger partial charge is 0.309 e. The second-order valence-electron chi connectivity index (χ2n) is 38.0. The van der Waals surface area contributed by atoms with Crippen LogP contribution >= 0.6 is 0 Å². The Balaban J connectivity index is 0.000000102. The summed E-state index contributed by atoms with van der Waals surface area (Å²) in [4.78, 5) is 32.1. The molecule has 0 atom stereocenters. The van der Waals surface area contributed by atoms with Gasteiger partial charge in [-0.05, 0) is 224 Å². The smallest absolute Gasteiger partial charge is 0.165 e. The van der Waals surface area contributed by atoms with E-state index in [1.54, 1.807) is 0 Å². The lowest BCUT2D eigenvalue weighted by Gasteiger charge is -2.15. The van der Waals surface area contributed by atoms with Crippen LogP contribution in [0.25, 0.3) is 286 Å². The number of para-hydroxylation sites is 12. The first-order chi connectivity index (χ1) is 72.4. The zero-order valence-electron chi connectivity index (χ0n) is 78.7. The minimum Gasteiger partial charge on any atom is -0.309 e. The van der Waals surface area contributed by atoms with Crippen LogP contribution in [0.1, 0.15) is 0 Å². The molecule has 9 heterocycles. The Morgan fingerprint density at radius 2 is 0.377 bits per heavy atom. The Bertz CT molecular complexity index is 11100. The molecule has 0 bridgehead atoms. The van der Waals surface area contributed by atoms with E-state index in [1.165, 1.54) is 130 Å². The highest BCUT2D eigenvalue weighted by molar-refractivity contribution is 6.25. The van der Waals surface area contributed by atoms with Crippen LogP contribution in [0, 0.1) is 0 Å². The molecule has 9 aromatic heterocycles. The van der Waals surface area contributed by atoms with Gasteiger partial charge in [0.05, 0.1) is 99.3 Å². The normalized spacial score (nSPS) is 12.0. The van der Waals surface area contributed by atoms with Gasteiger partial charge in [-0.3, -0.25) is 13.7 Å². The molecule has 0 saturated carbocycles. The summed E-state index contributed by atoms with van der Waals surface area (Å²) in [5.41, 5.74) is 27.9. The topological polar surface area (TPSA) is 107 Å². The molecular formula is C134H82N12. The van der Waals surface area contributed by atoms with E-state index in [9.17, 15) is 0 Å². The van der Waals surface area contributed by atoms with Crippen LogP contribution in [-0.4, -0.2) is 57.3 Å². The van der Waals surface area contributed by atoms with Crippen molar-refractivity contribution in [1.29, 1.82) is 0 Å². The van der Waals surface area contributed by atoms with Crippen LogP contribution in [0.3, 0.4) is 0 Å². The molecule has 0 aliphatic rings. The first kappa shape index (κ1) is 82.1. The van der Waals surface area contributed by atoms with Crippen LogP contribution in [0.2, 0.25) is 0 Å². The van der Waals surface area contributed by atoms with Gasteiger partial charge in [-0.2, -0.15) is 0 Å². The minimum atomic E-state index is 0.817. The maximum atomic E-state index is 5.44. The summed E-state index contributed by atoms with van der Waals surface area (Å²) in [6.45, 7) is 0. The molecule has 0 aliphatic heterocycles. The molecule has 32 aromatic rings. The van der Waals surface area contributed by atoms with Crippen molar-refractivity contribution in [3.63, 3.8) is 0 Å². The van der Waals surface area contributed by atoms with Gasteiger partial charge in [0.2, 0.25) is 0 Å². The quantitative estimate of drug-likeness (QED) is 0.142. The maximum absolute atomic E-state index is 5.44. The van der Waals surface area contributed by atoms with Crippen molar-refractivity contribution in [2.45, 2.75) is 0 Å². The molecule has 146 heavy (non-hydrogen) atoms. The van der Waals surface area contributed by atoms with Crippen molar-refractivity contribution in [1.82, 2.24) is 57.3 Å². The predicted molar refractivity (Wildman–Crippen MR) is 608 cm³/mol. The summed E-state index contributed by atoms with van der Waals surface area (Å²) >= 11 is 0. The SMILES string of the molecule is c1ccc(-c2nc3ccccc3nc2-n2c3ccccc3c3cc4c5cc6ccccc6cc5n(-c5ccccc5)c4cc32)cc1.c1ccc(-n2c3cc4ccccc4cc3c3cc4c5ccccc5n(-c5nc6ccccc6nc5-c5ccc6ccccc6c5)c4cc32)cc1.c1ccc(-n2c3cc4ccccc4cc3c3cc4c5ccccc5n(-c5nc6ccccc6nc5-c5cccc6ccccc56)c4cc32)cc1. The molecule has 12 heteroatoms. The van der Waals surface area contributed by atoms with Crippen LogP contribution in [0.15, 0.2) is 497 Å². The Morgan fingerprint density at radius 3 is 0.760 bits per heavy atom. The van der Waals surface area contributed by atoms with Crippen molar-refractivity contribution in [3.05, 3.63) is 497 Å². The number of fused-ring (bicyclic) bond motifs is 26. The van der Waals surface area contributed by atoms with Gasteiger partial charge < -0.3 is 13.7 Å². The molecule has 0 radical (unpaired) electrons. The number of rotatable bonds is 9. The van der Waals surface area contributed by atoms with Gasteiger partial charge >= 0.3 is 0 Å². The Kier molecular flexibility index (Phi) is 18.5. The first-order valence-electron chi connectivity index (χ1n) is 49.6. The molecule has 678 valence electrons. The van der Waals surface area contributed by atoms with Crippen LogP contribution in [0.4, 0.5) is 0 Å². The van der Waals surface area contributed by atoms with Crippen molar-refractivity contribution in [3.8, 4) is 68.3 Å². The third kappa shape index (κ3) is 13.0. The zero-order chi connectivity index (χ0) is 95.7. The van der Waals surface area contributed by atoms with E-state index < -0.39 is 0 Å². The zero-order valence-corrected chi connectivity index (χ0v) is 78.7. The van der Waals surface area contributed by atoms with E-state index in [1.807, 2.05) is 60.7 Å². The van der Waals surface area contributed by atoms with E-state index in [-0.39, 0.29) is 0 Å². The number of hydrogen-bond donors (Lipinski definition) is 0. The fourth-order valence-corrected chi connectivity index (χ4v) is 23.1. The summed E-state index contributed by atoms with van der Waals surface area (Å²) in [7, 11) is 0. The highest BCUT2D eigenvalue weighted by atomic mass is 15.1. The van der Waals surface area contributed by atoms with E-state index in [2.05, 4.69) is 464 Å². The molecule has 0 unspecified atom stereocenters. The molecule has 0 fully saturated rings. The number of hydrogen-bond acceptors (Lipinski definition) is 6. The molecule has 12 nitrogen and oxygen atoms in total. The molecule has 0 saturated heterocycles. The Hall–Kier alpha value is -19.8. The molecule has 32 rings (SSSR count). The monoisotopic (exact) mass is 1860 g/mol. The lowest BCUT2D eigenvalue weighted by atomic mass is 10.0. The second-order valence-corrected chi connectivity index (χ2v) is 38.0. The van der Waals surface area contributed by atoms with Crippen molar-refractivity contribution < 1.29 is 0 Å². The fraction of sp³-hybridized carbons (Fsp3) is 0. The van der Waals surface area contributed by atoms with Gasteiger partial charge in [0, 0.05) is 98.4 Å². The van der Waals surface area contributed by atoms with Crippen LogP contribution < -0.4 is 0 Å². The molecule has 0 N–H and O–H groups in total. The van der Waals surface area contributed by atoms with Gasteiger partial charge in [0.15, 0.2) is 17.5 Å². The summed E-state index contributed by atoms with van der Waals surface area (Å²) in [5.74, 6) is 2.46. The van der Waals surface area contributed by atoms with E-state index in [0.717, 1.165) is 156 Å². The average molecular weight is 1860 g/mol. The van der Waals surface area contributed by atoms with Gasteiger partial charge in [0.1, 0.15) is 17.1 Å². The molecule has 0 aliphatic carbocycles. The van der Waals surface area contributed by atoms with Crippen molar-refractivity contribution in [2.75, 3.05) is 0 Å². The summed E-state index contributed by atoms with van der Waals surface area (Å²) < 4.78 is 14.2. The lowest BCUT2D eigenvalue weighted by molar-refractivity contribution is 1.08.